The summed E-state index contributed by atoms with van der Waals surface area (Å²) in [5, 5.41) is 0. The third-order valence-corrected chi connectivity index (χ3v) is 11.2. The van der Waals surface area contributed by atoms with E-state index in [1.165, 1.54) is 37.8 Å². The van der Waals surface area contributed by atoms with E-state index in [1.54, 1.807) is 12.1 Å². The van der Waals surface area contributed by atoms with Crippen molar-refractivity contribution in [3.05, 3.63) is 41.5 Å². The Morgan fingerprint density at radius 3 is 1.88 bits per heavy atom. The monoisotopic (exact) mass is 492 g/mol. The lowest BCUT2D eigenvalue weighted by Gasteiger charge is -2.54. The maximum atomic E-state index is 15.7. The average Bonchev–Trinajstić information content (AvgIpc) is 2.83. The van der Waals surface area contributed by atoms with Crippen LogP contribution >= 0.6 is 0 Å². The SMILES string of the molecule is Cc1ccc(S(=O)(=O)OC23CCC(C4CCC(C5CCC(C)CC5)CC4)(CC2)C(F)=C3F)cc1. The second-order valence-electron chi connectivity index (χ2n) is 11.8. The zero-order chi connectivity index (χ0) is 24.1. The van der Waals surface area contributed by atoms with Gasteiger partial charge in [0.15, 0.2) is 5.83 Å². The molecule has 6 heteroatoms. The lowest BCUT2D eigenvalue weighted by molar-refractivity contribution is -0.0584. The van der Waals surface area contributed by atoms with Gasteiger partial charge in [0.2, 0.25) is 0 Å². The largest absolute Gasteiger partial charge is 0.297 e. The van der Waals surface area contributed by atoms with E-state index in [4.69, 9.17) is 4.18 Å². The van der Waals surface area contributed by atoms with E-state index in [0.29, 0.717) is 12.8 Å². The van der Waals surface area contributed by atoms with Crippen LogP contribution in [0.4, 0.5) is 8.78 Å². The van der Waals surface area contributed by atoms with Gasteiger partial charge in [-0.25, -0.2) is 8.78 Å². The summed E-state index contributed by atoms with van der Waals surface area (Å²) in [5.41, 5.74) is -1.54. The zero-order valence-electron chi connectivity index (χ0n) is 20.5. The number of benzene rings is 1. The van der Waals surface area contributed by atoms with Gasteiger partial charge >= 0.3 is 0 Å². The van der Waals surface area contributed by atoms with Crippen LogP contribution in [0.2, 0.25) is 0 Å². The van der Waals surface area contributed by atoms with Gasteiger partial charge in [0.05, 0.1) is 4.90 Å². The second-order valence-corrected chi connectivity index (χ2v) is 13.3. The number of aryl methyl sites for hydroxylation is 1. The number of hydrogen-bond donors (Lipinski definition) is 0. The van der Waals surface area contributed by atoms with Gasteiger partial charge in [-0.3, -0.25) is 4.18 Å². The Hall–Kier alpha value is -1.27. The highest BCUT2D eigenvalue weighted by Gasteiger charge is 2.60. The summed E-state index contributed by atoms with van der Waals surface area (Å²) in [5.74, 6) is 0.825. The van der Waals surface area contributed by atoms with Crippen LogP contribution in [-0.4, -0.2) is 14.0 Å². The van der Waals surface area contributed by atoms with E-state index < -0.39 is 32.8 Å². The Labute approximate surface area is 203 Å². The van der Waals surface area contributed by atoms with Crippen LogP contribution in [0, 0.1) is 36.0 Å². The van der Waals surface area contributed by atoms with Crippen molar-refractivity contribution in [2.45, 2.75) is 101 Å². The van der Waals surface area contributed by atoms with Crippen LogP contribution in [0.25, 0.3) is 0 Å². The first kappa shape index (κ1) is 24.4. The molecular formula is C28H38F2O3S. The van der Waals surface area contributed by atoms with E-state index in [1.807, 2.05) is 6.92 Å². The highest BCUT2D eigenvalue weighted by atomic mass is 32.2. The van der Waals surface area contributed by atoms with Gasteiger partial charge in [0.1, 0.15) is 11.4 Å². The predicted octanol–water partition coefficient (Wildman–Crippen LogP) is 7.80. The summed E-state index contributed by atoms with van der Waals surface area (Å²) in [6.07, 6.45) is 10.8. The van der Waals surface area contributed by atoms with Crippen LogP contribution in [0.1, 0.15) is 89.5 Å². The number of hydrogen-bond acceptors (Lipinski definition) is 3. The van der Waals surface area contributed by atoms with Crippen molar-refractivity contribution in [2.24, 2.45) is 29.1 Å². The predicted molar refractivity (Wildman–Crippen MR) is 129 cm³/mol. The minimum atomic E-state index is -4.19. The van der Waals surface area contributed by atoms with Gasteiger partial charge in [-0.1, -0.05) is 37.5 Å². The molecule has 3 fully saturated rings. The Kier molecular flexibility index (Phi) is 6.46. The Bertz CT molecular complexity index is 1020. The molecule has 0 atom stereocenters. The van der Waals surface area contributed by atoms with E-state index >= 15 is 8.78 Å². The minimum absolute atomic E-state index is 0.0153. The van der Waals surface area contributed by atoms with E-state index in [-0.39, 0.29) is 23.7 Å². The molecule has 5 aliphatic carbocycles. The summed E-state index contributed by atoms with van der Waals surface area (Å²) in [4.78, 5) is -0.0153. The van der Waals surface area contributed by atoms with Crippen molar-refractivity contribution >= 4 is 10.1 Å². The summed E-state index contributed by atoms with van der Waals surface area (Å²) in [6, 6.07) is 6.27. The van der Waals surface area contributed by atoms with Crippen molar-refractivity contribution in [3.63, 3.8) is 0 Å². The van der Waals surface area contributed by atoms with Crippen molar-refractivity contribution in [1.29, 1.82) is 0 Å². The van der Waals surface area contributed by atoms with Gasteiger partial charge in [-0.05, 0) is 107 Å². The van der Waals surface area contributed by atoms with Gasteiger partial charge < -0.3 is 0 Å². The first-order chi connectivity index (χ1) is 16.2. The molecule has 3 saturated carbocycles. The van der Waals surface area contributed by atoms with Crippen LogP contribution in [0.15, 0.2) is 40.8 Å². The standard InChI is InChI=1S/C28H38F2O3S/c1-19-3-7-21(8-4-19)22-9-11-23(12-10-22)27-15-17-28(18-16-27,26(30)25(27)29)33-34(31,32)24-13-5-20(2)6-14-24/h5-6,13-14,19,21-23H,3-4,7-12,15-18H2,1-2H3. The van der Waals surface area contributed by atoms with Gasteiger partial charge in [0.25, 0.3) is 10.1 Å². The molecule has 0 unspecified atom stereocenters. The normalized spacial score (nSPS) is 38.8. The molecule has 0 aromatic heterocycles. The fraction of sp³-hybridized carbons (Fsp3) is 0.714. The number of allylic oxidation sites excluding steroid dienone is 1. The molecule has 34 heavy (non-hydrogen) atoms. The first-order valence-electron chi connectivity index (χ1n) is 13.2. The van der Waals surface area contributed by atoms with E-state index in [9.17, 15) is 8.42 Å². The fourth-order valence-corrected chi connectivity index (χ4v) is 8.75. The summed E-state index contributed by atoms with van der Waals surface area (Å²) >= 11 is 0. The van der Waals surface area contributed by atoms with E-state index in [2.05, 4.69) is 6.92 Å². The molecule has 1 aromatic rings. The maximum Gasteiger partial charge on any atom is 0.297 e. The number of fused-ring (bicyclic) bond motifs is 2. The van der Waals surface area contributed by atoms with Crippen molar-refractivity contribution in [2.75, 3.05) is 0 Å². The molecule has 3 nitrogen and oxygen atoms in total. The molecule has 0 radical (unpaired) electrons. The second kappa shape index (κ2) is 8.99. The van der Waals surface area contributed by atoms with Crippen LogP contribution < -0.4 is 0 Å². The third-order valence-electron chi connectivity index (χ3n) is 9.84. The van der Waals surface area contributed by atoms with Crippen molar-refractivity contribution in [1.82, 2.24) is 0 Å². The first-order valence-corrected chi connectivity index (χ1v) is 14.6. The minimum Gasteiger partial charge on any atom is -0.252 e. The molecule has 0 amide bonds. The highest BCUT2D eigenvalue weighted by Crippen LogP contribution is 2.64. The van der Waals surface area contributed by atoms with Crippen LogP contribution in [0.3, 0.4) is 0 Å². The summed E-state index contributed by atoms with van der Waals surface area (Å²) in [7, 11) is -4.19. The molecule has 5 aliphatic rings. The molecule has 0 heterocycles. The van der Waals surface area contributed by atoms with Gasteiger partial charge in [-0.15, -0.1) is 0 Å². The fourth-order valence-electron chi connectivity index (χ4n) is 7.53. The molecule has 6 rings (SSSR count). The van der Waals surface area contributed by atoms with Crippen LogP contribution in [0.5, 0.6) is 0 Å². The summed E-state index contributed by atoms with van der Waals surface area (Å²) in [6.45, 7) is 4.20. The molecule has 0 aliphatic heterocycles. The molecule has 1 aromatic carbocycles. The third kappa shape index (κ3) is 4.17. The molecule has 0 N–H and O–H groups in total. The highest BCUT2D eigenvalue weighted by molar-refractivity contribution is 7.86. The Morgan fingerprint density at radius 1 is 0.794 bits per heavy atom. The lowest BCUT2D eigenvalue weighted by Crippen LogP contribution is -2.52. The number of halogens is 2. The van der Waals surface area contributed by atoms with Crippen molar-refractivity contribution < 1.29 is 21.4 Å². The maximum absolute atomic E-state index is 15.7. The Morgan fingerprint density at radius 2 is 1.32 bits per heavy atom. The molecule has 2 bridgehead atoms. The van der Waals surface area contributed by atoms with Crippen LogP contribution in [-0.2, 0) is 14.3 Å². The molecular weight excluding hydrogens is 454 g/mol. The molecule has 0 saturated heterocycles. The zero-order valence-corrected chi connectivity index (χ0v) is 21.3. The number of rotatable bonds is 5. The molecule has 0 spiro atoms. The van der Waals surface area contributed by atoms with Gasteiger partial charge in [-0.2, -0.15) is 8.42 Å². The quantitative estimate of drug-likeness (QED) is 0.394. The Balaban J connectivity index is 1.30. The topological polar surface area (TPSA) is 43.4 Å². The average molecular weight is 493 g/mol. The van der Waals surface area contributed by atoms with Crippen molar-refractivity contribution in [3.8, 4) is 0 Å². The summed E-state index contributed by atoms with van der Waals surface area (Å²) < 4.78 is 62.6. The molecule has 188 valence electrons. The lowest BCUT2D eigenvalue weighted by atomic mass is 9.53. The smallest absolute Gasteiger partial charge is 0.252 e. The van der Waals surface area contributed by atoms with E-state index in [0.717, 1.165) is 49.0 Å². The van der Waals surface area contributed by atoms with Gasteiger partial charge in [0, 0.05) is 5.41 Å².